The Labute approximate surface area is 317 Å². The molecule has 13 nitrogen and oxygen atoms in total. The second-order valence-corrected chi connectivity index (χ2v) is 18.1. The number of nitrogens with two attached hydrogens (primary N) is 1. The molecular formula is C37H43ClN6O7S2. The number of hydrogen-bond donors (Lipinski definition) is 3. The van der Waals surface area contributed by atoms with E-state index in [0.717, 1.165) is 49.2 Å². The van der Waals surface area contributed by atoms with Gasteiger partial charge in [0.05, 0.1) is 36.2 Å². The molecular weight excluding hydrogens is 740 g/mol. The van der Waals surface area contributed by atoms with E-state index in [0.29, 0.717) is 58.3 Å². The molecule has 3 amide bonds. The molecule has 16 heteroatoms. The predicted molar refractivity (Wildman–Crippen MR) is 200 cm³/mol. The maximum Gasteiger partial charge on any atom is 0.259 e. The van der Waals surface area contributed by atoms with E-state index in [1.807, 2.05) is 24.3 Å². The van der Waals surface area contributed by atoms with Gasteiger partial charge in [0.1, 0.15) is 44.9 Å². The summed E-state index contributed by atoms with van der Waals surface area (Å²) in [7, 11) is -2.33. The maximum atomic E-state index is 14.3. The third-order valence-corrected chi connectivity index (χ3v) is 14.0. The highest BCUT2D eigenvalue weighted by molar-refractivity contribution is 7.91. The largest absolute Gasteiger partial charge is 0.495 e. The molecule has 3 aromatic rings. The van der Waals surface area contributed by atoms with Crippen LogP contribution in [-0.2, 0) is 24.4 Å². The van der Waals surface area contributed by atoms with Gasteiger partial charge in [-0.2, -0.15) is 0 Å². The van der Waals surface area contributed by atoms with Crippen molar-refractivity contribution in [2.75, 3.05) is 13.7 Å². The first-order valence-corrected chi connectivity index (χ1v) is 21.2. The number of sulfonamides is 1. The summed E-state index contributed by atoms with van der Waals surface area (Å²) >= 11 is 8.29. The quantitative estimate of drug-likeness (QED) is 0.274. The average Bonchev–Trinajstić information content (AvgIpc) is 4.09. The standard InChI is InChI=1S/C37H43ClN6O7S2/c1-50-29-14-13-24-30(16-26(40-32(24)31(29)38)34-41-27(19-52-34)20-9-10-20)51-22-15-28-33(45)42-37(36(47)43-53(48,49)23-11-12-23)17-21(37)7-5-3-2-4-6-8-25(39)35(46)44(28)18-22/h5,7,13-14,16,19-23,25,28H,2-4,6,8-12,15,17-18,39H2,1H3,(H,42,45)(H,43,47)/b7-5-/t21-,22+,25-,28-,37+/m0/s1. The summed E-state index contributed by atoms with van der Waals surface area (Å²) in [6.45, 7) is 0.0648. The number of carbonyl (C=O) groups is 3. The van der Waals surface area contributed by atoms with Crippen LogP contribution in [0.15, 0.2) is 35.7 Å². The van der Waals surface area contributed by atoms with Gasteiger partial charge in [-0.05, 0) is 63.5 Å². The molecule has 8 rings (SSSR count). The highest BCUT2D eigenvalue weighted by atomic mass is 35.5. The zero-order valence-electron chi connectivity index (χ0n) is 29.4. The second-order valence-electron chi connectivity index (χ2n) is 14.9. The van der Waals surface area contributed by atoms with Crippen molar-refractivity contribution in [3.05, 3.63) is 46.4 Å². The Bertz CT molecular complexity index is 2100. The normalized spacial score (nSPS) is 28.6. The molecule has 3 saturated carbocycles. The molecule has 3 aliphatic carbocycles. The van der Waals surface area contributed by atoms with Crippen LogP contribution in [0.25, 0.3) is 21.6 Å². The molecule has 4 N–H and O–H groups in total. The minimum absolute atomic E-state index is 0.0648. The third kappa shape index (κ3) is 7.24. The molecule has 4 heterocycles. The number of methoxy groups -OCH3 is 1. The van der Waals surface area contributed by atoms with Crippen LogP contribution in [0.2, 0.25) is 5.02 Å². The number of rotatable bonds is 8. The van der Waals surface area contributed by atoms with Gasteiger partial charge in [0.2, 0.25) is 21.8 Å². The number of ether oxygens (including phenoxy) is 2. The van der Waals surface area contributed by atoms with Crippen molar-refractivity contribution in [3.63, 3.8) is 0 Å². The lowest BCUT2D eigenvalue weighted by molar-refractivity contribution is -0.140. The molecule has 1 saturated heterocycles. The lowest BCUT2D eigenvalue weighted by Crippen LogP contribution is -2.57. The van der Waals surface area contributed by atoms with Gasteiger partial charge in [-0.1, -0.05) is 36.6 Å². The van der Waals surface area contributed by atoms with Gasteiger partial charge in [0, 0.05) is 35.1 Å². The Hall–Kier alpha value is -3.79. The molecule has 4 fully saturated rings. The molecule has 1 aromatic carbocycles. The molecule has 2 aliphatic heterocycles. The van der Waals surface area contributed by atoms with Crippen LogP contribution in [0, 0.1) is 5.92 Å². The van der Waals surface area contributed by atoms with Crippen molar-refractivity contribution < 1.29 is 32.3 Å². The number of pyridine rings is 1. The van der Waals surface area contributed by atoms with Gasteiger partial charge in [-0.3, -0.25) is 19.1 Å². The first-order chi connectivity index (χ1) is 25.5. The van der Waals surface area contributed by atoms with Gasteiger partial charge in [0.15, 0.2) is 0 Å². The van der Waals surface area contributed by atoms with Gasteiger partial charge in [-0.15, -0.1) is 11.3 Å². The van der Waals surface area contributed by atoms with E-state index in [9.17, 15) is 22.8 Å². The molecule has 5 atom stereocenters. The van der Waals surface area contributed by atoms with Crippen molar-refractivity contribution in [1.29, 1.82) is 0 Å². The smallest absolute Gasteiger partial charge is 0.259 e. The summed E-state index contributed by atoms with van der Waals surface area (Å²) in [6, 6.07) is 3.51. The van der Waals surface area contributed by atoms with E-state index < -0.39 is 50.8 Å². The van der Waals surface area contributed by atoms with E-state index in [-0.39, 0.29) is 31.2 Å². The van der Waals surface area contributed by atoms with Gasteiger partial charge in [-0.25, -0.2) is 18.4 Å². The summed E-state index contributed by atoms with van der Waals surface area (Å²) in [6.07, 6.45) is 10.5. The molecule has 5 aliphatic rings. The van der Waals surface area contributed by atoms with Gasteiger partial charge < -0.3 is 25.4 Å². The zero-order valence-corrected chi connectivity index (χ0v) is 31.8. The van der Waals surface area contributed by atoms with Crippen LogP contribution >= 0.6 is 22.9 Å². The molecule has 282 valence electrons. The summed E-state index contributed by atoms with van der Waals surface area (Å²) in [5.41, 5.74) is 7.08. The van der Waals surface area contributed by atoms with E-state index in [1.54, 1.807) is 6.07 Å². The number of fused-ring (bicyclic) bond motifs is 3. The fourth-order valence-corrected chi connectivity index (χ4v) is 9.97. The Morgan fingerprint density at radius 1 is 1.11 bits per heavy atom. The van der Waals surface area contributed by atoms with Gasteiger partial charge >= 0.3 is 0 Å². The third-order valence-electron chi connectivity index (χ3n) is 11.0. The lowest BCUT2D eigenvalue weighted by atomic mass is 10.1. The van der Waals surface area contributed by atoms with Gasteiger partial charge in [0.25, 0.3) is 5.91 Å². The summed E-state index contributed by atoms with van der Waals surface area (Å²) in [4.78, 5) is 53.1. The van der Waals surface area contributed by atoms with E-state index in [2.05, 4.69) is 15.4 Å². The number of benzene rings is 1. The minimum Gasteiger partial charge on any atom is -0.495 e. The fraction of sp³-hybridized carbons (Fsp3) is 0.541. The summed E-state index contributed by atoms with van der Waals surface area (Å²) < 4.78 is 40.0. The van der Waals surface area contributed by atoms with Crippen LogP contribution < -0.4 is 25.2 Å². The van der Waals surface area contributed by atoms with Crippen LogP contribution in [0.1, 0.15) is 82.2 Å². The molecule has 2 aromatic heterocycles. The zero-order chi connectivity index (χ0) is 37.1. The molecule has 0 radical (unpaired) electrons. The predicted octanol–water partition coefficient (Wildman–Crippen LogP) is 4.58. The number of thiazole rings is 1. The van der Waals surface area contributed by atoms with Crippen molar-refractivity contribution in [2.45, 2.75) is 106 Å². The maximum absolute atomic E-state index is 14.3. The highest BCUT2D eigenvalue weighted by Gasteiger charge is 2.62. The summed E-state index contributed by atoms with van der Waals surface area (Å²) in [5.74, 6) is -0.718. The number of nitrogens with zero attached hydrogens (tertiary/aromatic N) is 3. The van der Waals surface area contributed by atoms with E-state index in [4.69, 9.17) is 36.8 Å². The van der Waals surface area contributed by atoms with Crippen molar-refractivity contribution in [2.24, 2.45) is 11.7 Å². The van der Waals surface area contributed by atoms with Crippen molar-refractivity contribution in [3.8, 4) is 22.2 Å². The average molecular weight is 783 g/mol. The van der Waals surface area contributed by atoms with Crippen LogP contribution in [0.3, 0.4) is 0 Å². The number of aromatic nitrogens is 2. The first kappa shape index (κ1) is 36.2. The van der Waals surface area contributed by atoms with Crippen LogP contribution in [0.4, 0.5) is 0 Å². The number of hydrogen-bond acceptors (Lipinski definition) is 11. The SMILES string of the molecule is COc1ccc2c(O[C@@H]3C[C@H]4C(=O)N[C@]5(C(=O)NS(=O)(=O)C6CC6)C[C@@H]5/C=C\CCCCC[C@H](N)C(=O)N4C3)cc(-c3nc(C4CC4)cs3)nc2c1Cl. The number of amides is 3. The first-order valence-electron chi connectivity index (χ1n) is 18.4. The molecule has 0 unspecified atom stereocenters. The number of carbonyl (C=O) groups excluding carboxylic acids is 3. The van der Waals surface area contributed by atoms with Crippen LogP contribution in [0.5, 0.6) is 11.5 Å². The molecule has 53 heavy (non-hydrogen) atoms. The second kappa shape index (κ2) is 14.1. The van der Waals surface area contributed by atoms with E-state index in [1.165, 1.54) is 23.3 Å². The molecule has 0 bridgehead atoms. The Kier molecular flexibility index (Phi) is 9.65. The fourth-order valence-electron chi connectivity index (χ4n) is 7.47. The summed E-state index contributed by atoms with van der Waals surface area (Å²) in [5, 5.41) is 6.01. The Balaban J connectivity index is 1.11. The highest BCUT2D eigenvalue weighted by Crippen LogP contribution is 2.47. The lowest BCUT2D eigenvalue weighted by Gasteiger charge is -2.28. The molecule has 0 spiro atoms. The minimum atomic E-state index is -3.86. The number of allylic oxidation sites excluding steroid dienone is 1. The Morgan fingerprint density at radius 3 is 2.68 bits per heavy atom. The Morgan fingerprint density at radius 2 is 1.92 bits per heavy atom. The number of nitrogens with one attached hydrogen (secondary N) is 2. The van der Waals surface area contributed by atoms with Crippen molar-refractivity contribution in [1.82, 2.24) is 24.9 Å². The topological polar surface area (TPSA) is 183 Å². The number of halogens is 1. The monoisotopic (exact) mass is 782 g/mol. The van der Waals surface area contributed by atoms with E-state index >= 15 is 0 Å². The van der Waals surface area contributed by atoms with Crippen molar-refractivity contribution >= 4 is 61.6 Å². The van der Waals surface area contributed by atoms with Crippen LogP contribution in [-0.4, -0.2) is 83.6 Å².